The fourth-order valence-electron chi connectivity index (χ4n) is 15.9. The number of likely N-dealkylation sites (N-methyl/N-ethyl adjacent to an activating group) is 7. The number of aryl methyl sites for hydroxylation is 1. The van der Waals surface area contributed by atoms with Gasteiger partial charge in [-0.1, -0.05) is 71.2 Å². The Kier molecular flexibility index (Phi) is 29.4. The summed E-state index contributed by atoms with van der Waals surface area (Å²) < 4.78 is 126. The molecule has 610 valence electrons. The number of nitrogens with one attached hydrogen (secondary N) is 3. The summed E-state index contributed by atoms with van der Waals surface area (Å²) in [4.78, 5) is 191. The van der Waals surface area contributed by atoms with Gasteiger partial charge in [-0.15, -0.1) is 0 Å². The number of amides is 12. The van der Waals surface area contributed by atoms with Crippen LogP contribution in [0.4, 0.5) is 35.1 Å². The Morgan fingerprint density at radius 2 is 1.30 bits per heavy atom. The van der Waals surface area contributed by atoms with Crippen LogP contribution in [0.15, 0.2) is 48.6 Å². The number of hydrogen-bond acceptors (Lipinski definition) is 14. The van der Waals surface area contributed by atoms with Crippen molar-refractivity contribution in [3.05, 3.63) is 82.4 Å². The third-order valence-corrected chi connectivity index (χ3v) is 22.1. The van der Waals surface area contributed by atoms with Crippen LogP contribution in [0.5, 0.6) is 0 Å². The molecular weight excluding hydrogens is 1460 g/mol. The molecule has 2 saturated heterocycles. The summed E-state index contributed by atoms with van der Waals surface area (Å²) >= 11 is 0. The van der Waals surface area contributed by atoms with Crippen LogP contribution in [0.2, 0.25) is 0 Å². The molecule has 26 nitrogen and oxygen atoms in total. The largest absolute Gasteiger partial charge is 0.422 e. The van der Waals surface area contributed by atoms with Gasteiger partial charge in [-0.25, -0.2) is 8.78 Å². The molecule has 3 N–H and O–H groups in total. The zero-order valence-electron chi connectivity index (χ0n) is 65.2. The number of fused-ring (bicyclic) bond motifs is 3. The highest BCUT2D eigenvalue weighted by Gasteiger charge is 2.59. The fraction of sp³-hybridized carbons (Fsp3) is 0.658. The molecule has 2 bridgehead atoms. The highest BCUT2D eigenvalue weighted by atomic mass is 19.4. The third-order valence-electron chi connectivity index (χ3n) is 22.1. The van der Waals surface area contributed by atoms with E-state index in [9.17, 15) is 55.1 Å². The van der Waals surface area contributed by atoms with Gasteiger partial charge in [0.05, 0.1) is 37.3 Å². The lowest BCUT2D eigenvalue weighted by atomic mass is 9.58. The van der Waals surface area contributed by atoms with Crippen molar-refractivity contribution < 1.29 is 102 Å². The molecule has 3 aliphatic heterocycles. The van der Waals surface area contributed by atoms with E-state index >= 15 is 37.5 Å². The van der Waals surface area contributed by atoms with Crippen LogP contribution in [0.3, 0.4) is 0 Å². The molecule has 34 heteroatoms. The molecule has 2 saturated carbocycles. The van der Waals surface area contributed by atoms with Crippen LogP contribution in [-0.2, 0) is 92.2 Å². The first-order valence-corrected chi connectivity index (χ1v) is 37.1. The number of methoxy groups -OCH3 is 1. The molecule has 5 aliphatic rings. The summed E-state index contributed by atoms with van der Waals surface area (Å²) in [5, 5.41) is 8.25. The summed E-state index contributed by atoms with van der Waals surface area (Å²) in [6.07, 6.45) is -9.41. The predicted octanol–water partition coefficient (Wildman–Crippen LogP) is 5.36. The molecule has 2 aliphatic carbocycles. The highest BCUT2D eigenvalue weighted by molar-refractivity contribution is 6.01. The molecule has 2 aromatic rings. The number of benzene rings is 2. The van der Waals surface area contributed by atoms with E-state index in [1.807, 2.05) is 13.8 Å². The average molecular weight is 1560 g/mol. The second-order valence-corrected chi connectivity index (χ2v) is 30.9. The lowest BCUT2D eigenvalue weighted by molar-refractivity contribution is -0.161. The lowest BCUT2D eigenvalue weighted by Crippen LogP contribution is -2.71. The van der Waals surface area contributed by atoms with Crippen LogP contribution < -0.4 is 16.0 Å². The number of alkyl halides is 6. The minimum absolute atomic E-state index is 0.0251. The van der Waals surface area contributed by atoms with Crippen molar-refractivity contribution in [2.75, 3.05) is 96.3 Å². The van der Waals surface area contributed by atoms with Gasteiger partial charge in [-0.05, 0) is 118 Å². The van der Waals surface area contributed by atoms with E-state index in [0.29, 0.717) is 37.8 Å². The molecule has 11 atom stereocenters. The zero-order chi connectivity index (χ0) is 82.1. The van der Waals surface area contributed by atoms with Gasteiger partial charge in [0.25, 0.3) is 0 Å². The second-order valence-electron chi connectivity index (χ2n) is 30.9. The van der Waals surface area contributed by atoms with Crippen LogP contribution in [0.1, 0.15) is 141 Å². The average Bonchev–Trinajstić information content (AvgIpc) is 0.999. The zero-order valence-corrected chi connectivity index (χ0v) is 65.2. The number of rotatable bonds is 13. The maximum absolute atomic E-state index is 15.8. The number of carbonyl (C=O) groups excluding carboxylic acids is 12. The quantitative estimate of drug-likeness (QED) is 0.168. The monoisotopic (exact) mass is 1560 g/mol. The number of nitrogens with zero attached hydrogens (tertiary/aromatic N) is 9. The number of hydrogen-bond donors (Lipinski definition) is 3. The van der Waals surface area contributed by atoms with Gasteiger partial charge in [0.15, 0.2) is 0 Å². The van der Waals surface area contributed by atoms with Crippen LogP contribution in [-0.4, -0.2) is 277 Å². The van der Waals surface area contributed by atoms with Gasteiger partial charge in [-0.2, -0.15) is 26.3 Å². The van der Waals surface area contributed by atoms with Gasteiger partial charge in [0.2, 0.25) is 70.9 Å². The maximum atomic E-state index is 15.8. The summed E-state index contributed by atoms with van der Waals surface area (Å²) in [7, 11) is 11.8. The van der Waals surface area contributed by atoms with Crippen molar-refractivity contribution in [2.24, 2.45) is 17.3 Å². The third kappa shape index (κ3) is 20.6. The van der Waals surface area contributed by atoms with E-state index in [4.69, 9.17) is 9.47 Å². The molecule has 110 heavy (non-hydrogen) atoms. The van der Waals surface area contributed by atoms with Gasteiger partial charge >= 0.3 is 12.4 Å². The lowest BCUT2D eigenvalue weighted by Gasteiger charge is -2.54. The Labute approximate surface area is 636 Å². The smallest absolute Gasteiger partial charge is 0.379 e. The van der Waals surface area contributed by atoms with Crippen molar-refractivity contribution in [3.63, 3.8) is 0 Å². The summed E-state index contributed by atoms with van der Waals surface area (Å²) in [6.45, 7) is 7.94. The normalized spacial score (nSPS) is 26.6. The van der Waals surface area contributed by atoms with Gasteiger partial charge in [0, 0.05) is 96.0 Å². The minimum atomic E-state index is -5.47. The standard InChI is InChI=1S/C76H106F8N12O14/c1-16-43(3)61-70(106)90(10)40-59(99)91(11)53-25-19-18-22-32-95(69(53)105)56(35-45-26-29-48(30-27-45)75(79,80)81)68(104)89(9)39-57(97)85-52(31-28-46-33-50(77)60(51(78)34-46)76(82,83)84)66(102)96-38-49(110-17-2)36-54(96)64(100)87-74(41-73(5,6)42-74)72(108)94(14)63(47-23-20-21-24-47)71(107)92(12)55(67(103)88(7)8)37-58(98)93(13)62(44(4)109-15)65(101)86-61/h18-19,26-27,29-30,33-34,43-44,47,49,52-56,61-63H,16-17,20-25,28,31-32,35-42H2,1-15H3,(H,85,97)(H,86,101)(H,87,100)/b19-18-/t43-,44-,49+,52-,53-,54-,55-,56-,61-,62-,63-/m0/s1. The number of carbonyl (C=O) groups is 12. The van der Waals surface area contributed by atoms with Gasteiger partial charge < -0.3 is 69.5 Å². The molecule has 3 heterocycles. The summed E-state index contributed by atoms with van der Waals surface area (Å²) in [6, 6.07) is -7.81. The van der Waals surface area contributed by atoms with E-state index in [-0.39, 0.29) is 63.8 Å². The number of halogens is 8. The summed E-state index contributed by atoms with van der Waals surface area (Å²) in [5.41, 5.74) is -6.00. The molecule has 0 unspecified atom stereocenters. The van der Waals surface area contributed by atoms with E-state index in [2.05, 4.69) is 16.0 Å². The maximum Gasteiger partial charge on any atom is 0.422 e. The van der Waals surface area contributed by atoms with Crippen molar-refractivity contribution in [3.8, 4) is 0 Å². The molecule has 1 spiro atoms. The van der Waals surface area contributed by atoms with Crippen molar-refractivity contribution in [2.45, 2.75) is 210 Å². The van der Waals surface area contributed by atoms with Crippen LogP contribution in [0.25, 0.3) is 0 Å². The van der Waals surface area contributed by atoms with Crippen molar-refractivity contribution >= 4 is 70.9 Å². The van der Waals surface area contributed by atoms with Gasteiger partial charge in [0.1, 0.15) is 71.1 Å². The molecule has 2 aromatic carbocycles. The second kappa shape index (κ2) is 36.6. The molecule has 0 aromatic heterocycles. The highest BCUT2D eigenvalue weighted by Crippen LogP contribution is 2.50. The number of ether oxygens (including phenoxy) is 2. The SMILES string of the molecule is CCO[C@@H]1C[C@H]2C(=O)NC3(CC(C)(C)C3)C(=O)N(C)[C@@H](C3CCCC3)C(=O)N(C)[C@H](C(=O)N(C)C)CC(=O)N(C)[C@@H]([C@H](C)OC)C(=O)N[C@@H]([C@@H](C)CC)C(=O)N(C)CC(=O)N(C)[C@H]3C/C=C\CCN(C3=O)[C@@H](Cc3ccc(C(F)(F)F)cc3)C(=O)N(C)CC(=O)N[C@@H](CCc3cc(F)c(C(F)(F)F)c(F)c3)C(=O)N2C1. The topological polar surface area (TPSA) is 289 Å². The first-order valence-electron chi connectivity index (χ1n) is 37.1. The van der Waals surface area contributed by atoms with Gasteiger partial charge in [-0.3, -0.25) is 57.5 Å². The van der Waals surface area contributed by atoms with Crippen LogP contribution in [0, 0.1) is 28.9 Å². The molecule has 4 fully saturated rings. The fourth-order valence-corrected chi connectivity index (χ4v) is 15.9. The minimum Gasteiger partial charge on any atom is -0.379 e. The Balaban J connectivity index is 1.37. The molecule has 7 rings (SSSR count). The van der Waals surface area contributed by atoms with E-state index < -0.39 is 234 Å². The first kappa shape index (κ1) is 88.4. The van der Waals surface area contributed by atoms with E-state index in [0.717, 1.165) is 65.6 Å². The first-order chi connectivity index (χ1) is 51.3. The molecule has 0 radical (unpaired) electrons. The van der Waals surface area contributed by atoms with E-state index in [1.165, 1.54) is 73.2 Å². The Morgan fingerprint density at radius 1 is 0.691 bits per heavy atom. The summed E-state index contributed by atoms with van der Waals surface area (Å²) in [5.74, 6) is -15.7. The molecule has 12 amide bonds. The Morgan fingerprint density at radius 3 is 1.85 bits per heavy atom. The van der Waals surface area contributed by atoms with Crippen molar-refractivity contribution in [1.29, 1.82) is 0 Å². The molecular formula is C76H106F8N12O14. The van der Waals surface area contributed by atoms with E-state index in [1.54, 1.807) is 32.9 Å². The van der Waals surface area contributed by atoms with Crippen LogP contribution >= 0.6 is 0 Å². The predicted molar refractivity (Wildman–Crippen MR) is 385 cm³/mol. The van der Waals surface area contributed by atoms with Crippen molar-refractivity contribution in [1.82, 2.24) is 60.0 Å². The Hall–Kier alpha value is -8.82. The Bertz CT molecular complexity index is 3730.